The highest BCUT2D eigenvalue weighted by Crippen LogP contribution is 2.03. The summed E-state index contributed by atoms with van der Waals surface area (Å²) in [5.74, 6) is -0.205. The van der Waals surface area contributed by atoms with Gasteiger partial charge in [0.15, 0.2) is 0 Å². The standard InChI is InChI=1S/C14H14N4O/c19-14(11-16-13-6-2-1-3-7-13)18-17-10-12-5-4-8-15-9-12/h1-10,16H,11H2,(H,18,19)/b17-10-. The normalized spacial score (nSPS) is 10.3. The van der Waals surface area contributed by atoms with E-state index in [2.05, 4.69) is 20.8 Å². The number of pyridine rings is 1. The number of rotatable bonds is 5. The molecule has 0 bridgehead atoms. The largest absolute Gasteiger partial charge is 0.376 e. The number of hydrazone groups is 1. The predicted octanol–water partition coefficient (Wildman–Crippen LogP) is 1.64. The summed E-state index contributed by atoms with van der Waals surface area (Å²) < 4.78 is 0. The molecule has 0 atom stereocenters. The molecular weight excluding hydrogens is 240 g/mol. The Labute approximate surface area is 111 Å². The first kappa shape index (κ1) is 12.8. The Morgan fingerprint density at radius 3 is 2.79 bits per heavy atom. The van der Waals surface area contributed by atoms with E-state index >= 15 is 0 Å². The molecule has 1 aromatic heterocycles. The average Bonchev–Trinajstić information content (AvgIpc) is 2.47. The molecule has 19 heavy (non-hydrogen) atoms. The minimum Gasteiger partial charge on any atom is -0.376 e. The summed E-state index contributed by atoms with van der Waals surface area (Å²) in [4.78, 5) is 15.4. The van der Waals surface area contributed by atoms with Gasteiger partial charge < -0.3 is 5.32 Å². The van der Waals surface area contributed by atoms with E-state index in [0.29, 0.717) is 0 Å². The zero-order valence-electron chi connectivity index (χ0n) is 10.3. The van der Waals surface area contributed by atoms with Crippen molar-refractivity contribution < 1.29 is 4.79 Å². The summed E-state index contributed by atoms with van der Waals surface area (Å²) in [6, 6.07) is 13.2. The van der Waals surface area contributed by atoms with Crippen LogP contribution in [0.1, 0.15) is 5.56 Å². The highest BCUT2D eigenvalue weighted by Gasteiger charge is 1.98. The van der Waals surface area contributed by atoms with Crippen LogP contribution in [-0.4, -0.2) is 23.7 Å². The van der Waals surface area contributed by atoms with Crippen molar-refractivity contribution in [1.82, 2.24) is 10.4 Å². The van der Waals surface area contributed by atoms with Crippen LogP contribution in [0.3, 0.4) is 0 Å². The van der Waals surface area contributed by atoms with Crippen LogP contribution in [0.2, 0.25) is 0 Å². The van der Waals surface area contributed by atoms with Crippen LogP contribution in [0.25, 0.3) is 0 Å². The van der Waals surface area contributed by atoms with E-state index in [1.165, 1.54) is 0 Å². The van der Waals surface area contributed by atoms with Gasteiger partial charge in [-0.25, -0.2) is 5.43 Å². The SMILES string of the molecule is O=C(CNc1ccccc1)N/N=C\c1cccnc1. The fourth-order valence-electron chi connectivity index (χ4n) is 1.41. The molecule has 96 valence electrons. The number of carbonyl (C=O) groups excluding carboxylic acids is 1. The van der Waals surface area contributed by atoms with Gasteiger partial charge in [-0.05, 0) is 18.2 Å². The second-order valence-corrected chi connectivity index (χ2v) is 3.80. The van der Waals surface area contributed by atoms with Crippen molar-refractivity contribution in [1.29, 1.82) is 0 Å². The smallest absolute Gasteiger partial charge is 0.259 e. The number of nitrogens with zero attached hydrogens (tertiary/aromatic N) is 2. The maximum absolute atomic E-state index is 11.5. The zero-order chi connectivity index (χ0) is 13.3. The van der Waals surface area contributed by atoms with Gasteiger partial charge in [-0.3, -0.25) is 9.78 Å². The lowest BCUT2D eigenvalue weighted by Crippen LogP contribution is -2.25. The van der Waals surface area contributed by atoms with Crippen molar-refractivity contribution in [3.05, 3.63) is 60.4 Å². The van der Waals surface area contributed by atoms with Crippen LogP contribution in [0.4, 0.5) is 5.69 Å². The van der Waals surface area contributed by atoms with Gasteiger partial charge in [-0.2, -0.15) is 5.10 Å². The van der Waals surface area contributed by atoms with Crippen molar-refractivity contribution in [3.63, 3.8) is 0 Å². The molecule has 2 rings (SSSR count). The summed E-state index contributed by atoms with van der Waals surface area (Å²) in [6.07, 6.45) is 4.89. The minimum absolute atomic E-state index is 0.175. The Kier molecular flexibility index (Phi) is 4.64. The molecule has 2 aromatic rings. The van der Waals surface area contributed by atoms with Crippen LogP contribution in [0.15, 0.2) is 60.0 Å². The van der Waals surface area contributed by atoms with Gasteiger partial charge in [0.05, 0.1) is 12.8 Å². The van der Waals surface area contributed by atoms with Gasteiger partial charge in [0.2, 0.25) is 0 Å². The molecule has 0 radical (unpaired) electrons. The third-order valence-corrected chi connectivity index (χ3v) is 2.31. The van der Waals surface area contributed by atoms with Crippen molar-refractivity contribution in [2.24, 2.45) is 5.10 Å². The Morgan fingerprint density at radius 2 is 2.05 bits per heavy atom. The van der Waals surface area contributed by atoms with Gasteiger partial charge in [0.1, 0.15) is 0 Å². The molecule has 5 heteroatoms. The molecule has 0 saturated heterocycles. The first-order valence-corrected chi connectivity index (χ1v) is 5.85. The number of para-hydroxylation sites is 1. The van der Waals surface area contributed by atoms with E-state index in [1.807, 2.05) is 36.4 Å². The average molecular weight is 254 g/mol. The van der Waals surface area contributed by atoms with Crippen molar-refractivity contribution >= 4 is 17.8 Å². The third-order valence-electron chi connectivity index (χ3n) is 2.31. The first-order valence-electron chi connectivity index (χ1n) is 5.85. The first-order chi connectivity index (χ1) is 9.34. The third kappa shape index (κ3) is 4.59. The fourth-order valence-corrected chi connectivity index (χ4v) is 1.41. The number of nitrogens with one attached hydrogen (secondary N) is 2. The lowest BCUT2D eigenvalue weighted by molar-refractivity contribution is -0.119. The molecule has 1 amide bonds. The number of anilines is 1. The number of amides is 1. The molecule has 0 unspecified atom stereocenters. The van der Waals surface area contributed by atoms with Crippen molar-refractivity contribution in [2.75, 3.05) is 11.9 Å². The molecule has 0 aliphatic rings. The minimum atomic E-state index is -0.205. The highest BCUT2D eigenvalue weighted by atomic mass is 16.2. The molecular formula is C14H14N4O. The lowest BCUT2D eigenvalue weighted by Gasteiger charge is -2.04. The fraction of sp³-hybridized carbons (Fsp3) is 0.0714. The van der Waals surface area contributed by atoms with Gasteiger partial charge in [-0.15, -0.1) is 0 Å². The molecule has 5 nitrogen and oxygen atoms in total. The quantitative estimate of drug-likeness (QED) is 0.629. The predicted molar refractivity (Wildman–Crippen MR) is 74.9 cm³/mol. The van der Waals surface area contributed by atoms with Crippen LogP contribution in [-0.2, 0) is 4.79 Å². The van der Waals surface area contributed by atoms with Crippen LogP contribution < -0.4 is 10.7 Å². The summed E-state index contributed by atoms with van der Waals surface area (Å²) in [7, 11) is 0. The molecule has 0 aliphatic carbocycles. The van der Waals surface area contributed by atoms with Gasteiger partial charge >= 0.3 is 0 Å². The van der Waals surface area contributed by atoms with Crippen LogP contribution >= 0.6 is 0 Å². The summed E-state index contributed by atoms with van der Waals surface area (Å²) >= 11 is 0. The lowest BCUT2D eigenvalue weighted by atomic mass is 10.3. The molecule has 1 heterocycles. The topological polar surface area (TPSA) is 66.4 Å². The number of carbonyl (C=O) groups is 1. The molecule has 0 aliphatic heterocycles. The second kappa shape index (κ2) is 6.90. The Morgan fingerprint density at radius 1 is 1.21 bits per heavy atom. The van der Waals surface area contributed by atoms with Crippen molar-refractivity contribution in [2.45, 2.75) is 0 Å². The number of aromatic nitrogens is 1. The molecule has 2 N–H and O–H groups in total. The monoisotopic (exact) mass is 254 g/mol. The van der Waals surface area contributed by atoms with Crippen LogP contribution in [0, 0.1) is 0 Å². The van der Waals surface area contributed by atoms with E-state index < -0.39 is 0 Å². The summed E-state index contributed by atoms with van der Waals surface area (Å²) in [6.45, 7) is 0.175. The van der Waals surface area contributed by atoms with Gasteiger partial charge in [0.25, 0.3) is 5.91 Å². The van der Waals surface area contributed by atoms with E-state index in [-0.39, 0.29) is 12.5 Å². The Balaban J connectivity index is 1.75. The highest BCUT2D eigenvalue weighted by molar-refractivity contribution is 5.83. The summed E-state index contributed by atoms with van der Waals surface area (Å²) in [5, 5.41) is 6.84. The maximum atomic E-state index is 11.5. The second-order valence-electron chi connectivity index (χ2n) is 3.80. The Hall–Kier alpha value is -2.69. The molecule has 1 aromatic carbocycles. The number of hydrogen-bond acceptors (Lipinski definition) is 4. The molecule has 0 fully saturated rings. The van der Waals surface area contributed by atoms with E-state index in [4.69, 9.17) is 0 Å². The zero-order valence-corrected chi connectivity index (χ0v) is 10.3. The van der Waals surface area contributed by atoms with Gasteiger partial charge in [-0.1, -0.05) is 24.3 Å². The van der Waals surface area contributed by atoms with Crippen LogP contribution in [0.5, 0.6) is 0 Å². The van der Waals surface area contributed by atoms with E-state index in [0.717, 1.165) is 11.3 Å². The molecule has 0 saturated carbocycles. The van der Waals surface area contributed by atoms with E-state index in [1.54, 1.807) is 24.7 Å². The number of hydrogen-bond donors (Lipinski definition) is 2. The van der Waals surface area contributed by atoms with Crippen molar-refractivity contribution in [3.8, 4) is 0 Å². The van der Waals surface area contributed by atoms with E-state index in [9.17, 15) is 4.79 Å². The maximum Gasteiger partial charge on any atom is 0.259 e. The number of benzene rings is 1. The summed E-state index contributed by atoms with van der Waals surface area (Å²) in [5.41, 5.74) is 4.17. The molecule has 0 spiro atoms. The Bertz CT molecular complexity index is 540. The van der Waals surface area contributed by atoms with Gasteiger partial charge in [0, 0.05) is 23.6 Å².